The summed E-state index contributed by atoms with van der Waals surface area (Å²) < 4.78 is 45.0. The van der Waals surface area contributed by atoms with Crippen LogP contribution in [0.15, 0.2) is 59.0 Å². The quantitative estimate of drug-likeness (QED) is 0.447. The lowest BCUT2D eigenvalue weighted by Gasteiger charge is -2.13. The minimum Gasteiger partial charge on any atom is -0.399 e. The van der Waals surface area contributed by atoms with Gasteiger partial charge in [-0.25, -0.2) is 0 Å². The summed E-state index contributed by atoms with van der Waals surface area (Å²) in [4.78, 5) is -0.136. The molecule has 0 radical (unpaired) electrons. The van der Waals surface area contributed by atoms with E-state index >= 15 is 0 Å². The van der Waals surface area contributed by atoms with Crippen LogP contribution in [0.1, 0.15) is 0 Å². The topological polar surface area (TPSA) is 120 Å². The van der Waals surface area contributed by atoms with Gasteiger partial charge in [0.15, 0.2) is 0 Å². The molecule has 20 heavy (non-hydrogen) atoms. The average Bonchev–Trinajstić information content (AvgIpc) is 2.38. The molecule has 0 aliphatic heterocycles. The minimum absolute atomic E-state index is 0.0681. The van der Waals surface area contributed by atoms with Gasteiger partial charge in [-0.3, -0.25) is 0 Å². The summed E-state index contributed by atoms with van der Waals surface area (Å²) in [6.45, 7) is 0. The molecular formula is C12H10N2O4S2. The largest absolute Gasteiger partial charge is 0.399 e. The van der Waals surface area contributed by atoms with E-state index < -0.39 is 20.6 Å². The minimum atomic E-state index is -2.54. The Bertz CT molecular complexity index is 817. The number of hydrogen-bond acceptors (Lipinski definition) is 6. The van der Waals surface area contributed by atoms with Crippen LogP contribution in [-0.2, 0) is 20.6 Å². The third-order valence-corrected chi connectivity index (χ3v) is 4.05. The van der Waals surface area contributed by atoms with Crippen molar-refractivity contribution >= 4 is 30.3 Å². The SMILES string of the molecule is NC1=CC(=S(=O)=O)/C(=C2\C=CC(N)=CC2=S(=O)=O)C=C1. The molecule has 0 heterocycles. The molecule has 0 amide bonds. The van der Waals surface area contributed by atoms with Crippen LogP contribution in [0.5, 0.6) is 0 Å². The van der Waals surface area contributed by atoms with Gasteiger partial charge in [0.25, 0.3) is 0 Å². The highest BCUT2D eigenvalue weighted by molar-refractivity contribution is 7.74. The van der Waals surface area contributed by atoms with Crippen LogP contribution in [0, 0.1) is 0 Å². The van der Waals surface area contributed by atoms with E-state index in [0.717, 1.165) is 0 Å². The van der Waals surface area contributed by atoms with Crippen molar-refractivity contribution in [3.8, 4) is 0 Å². The van der Waals surface area contributed by atoms with Crippen molar-refractivity contribution in [1.82, 2.24) is 0 Å². The van der Waals surface area contributed by atoms with E-state index in [-0.39, 0.29) is 32.3 Å². The normalized spacial score (nSPS) is 21.6. The molecule has 0 bridgehead atoms. The van der Waals surface area contributed by atoms with Gasteiger partial charge in [0.05, 0.1) is 0 Å². The average molecular weight is 310 g/mol. The van der Waals surface area contributed by atoms with E-state index in [0.29, 0.717) is 0 Å². The molecular weight excluding hydrogens is 300 g/mol. The van der Waals surface area contributed by atoms with Crippen molar-refractivity contribution in [1.29, 1.82) is 0 Å². The van der Waals surface area contributed by atoms with E-state index in [4.69, 9.17) is 11.5 Å². The molecule has 2 rings (SSSR count). The molecule has 4 N–H and O–H groups in total. The summed E-state index contributed by atoms with van der Waals surface area (Å²) in [5.74, 6) is 0. The highest BCUT2D eigenvalue weighted by atomic mass is 32.2. The fourth-order valence-corrected chi connectivity index (χ4v) is 2.98. The molecule has 0 saturated carbocycles. The van der Waals surface area contributed by atoms with Crippen molar-refractivity contribution in [2.24, 2.45) is 11.5 Å². The van der Waals surface area contributed by atoms with Crippen LogP contribution in [-0.4, -0.2) is 26.6 Å². The maximum absolute atomic E-state index is 11.3. The molecule has 8 heteroatoms. The van der Waals surface area contributed by atoms with Gasteiger partial charge in [-0.1, -0.05) is 12.2 Å². The molecule has 0 aromatic carbocycles. The van der Waals surface area contributed by atoms with Crippen LogP contribution < -0.4 is 11.5 Å². The Morgan fingerprint density at radius 2 is 1.00 bits per heavy atom. The first-order chi connectivity index (χ1) is 9.40. The summed E-state index contributed by atoms with van der Waals surface area (Å²) in [6, 6.07) is 0. The van der Waals surface area contributed by atoms with E-state index in [9.17, 15) is 16.8 Å². The molecule has 0 aromatic heterocycles. The van der Waals surface area contributed by atoms with E-state index in [2.05, 4.69) is 0 Å². The van der Waals surface area contributed by atoms with Gasteiger partial charge >= 0.3 is 0 Å². The van der Waals surface area contributed by atoms with Crippen LogP contribution in [0.25, 0.3) is 0 Å². The highest BCUT2D eigenvalue weighted by Gasteiger charge is 2.18. The predicted octanol–water partition coefficient (Wildman–Crippen LogP) is -0.789. The number of nitrogens with two attached hydrogens (primary N) is 2. The van der Waals surface area contributed by atoms with Crippen molar-refractivity contribution in [2.45, 2.75) is 0 Å². The lowest BCUT2D eigenvalue weighted by Crippen LogP contribution is -2.16. The van der Waals surface area contributed by atoms with Gasteiger partial charge in [-0.2, -0.15) is 16.8 Å². The Balaban J connectivity index is 2.83. The molecule has 0 fully saturated rings. The summed E-state index contributed by atoms with van der Waals surface area (Å²) in [6.07, 6.45) is 8.46. The molecule has 0 spiro atoms. The van der Waals surface area contributed by atoms with Crippen LogP contribution in [0.4, 0.5) is 0 Å². The Labute approximate surface area is 118 Å². The van der Waals surface area contributed by atoms with Gasteiger partial charge in [0.1, 0.15) is 9.73 Å². The monoisotopic (exact) mass is 310 g/mol. The fourth-order valence-electron chi connectivity index (χ4n) is 1.80. The van der Waals surface area contributed by atoms with Gasteiger partial charge in [0.2, 0.25) is 20.6 Å². The van der Waals surface area contributed by atoms with E-state index in [1.807, 2.05) is 0 Å². The second-order valence-corrected chi connectivity index (χ2v) is 5.80. The zero-order valence-corrected chi connectivity index (χ0v) is 11.7. The van der Waals surface area contributed by atoms with Crippen LogP contribution >= 0.6 is 0 Å². The second-order valence-electron chi connectivity index (χ2n) is 3.98. The lowest BCUT2D eigenvalue weighted by atomic mass is 9.94. The molecule has 6 nitrogen and oxygen atoms in total. The Morgan fingerprint density at radius 3 is 1.30 bits per heavy atom. The molecule has 0 atom stereocenters. The third kappa shape index (κ3) is 2.65. The third-order valence-electron chi connectivity index (χ3n) is 2.66. The summed E-state index contributed by atoms with van der Waals surface area (Å²) >= 11 is 0. The standard InChI is InChI=1S/C12H10N2O4S2/c13-7-1-3-9(11(5-7)19(15)16)10-4-2-8(14)6-12(10)20(17)18/h1-6H,13-14H2/b10-9+. The Hall–Kier alpha value is -2.32. The van der Waals surface area contributed by atoms with Crippen LogP contribution in [0.3, 0.4) is 0 Å². The molecule has 0 saturated heterocycles. The van der Waals surface area contributed by atoms with Gasteiger partial charge < -0.3 is 11.5 Å². The van der Waals surface area contributed by atoms with E-state index in [1.54, 1.807) is 0 Å². The van der Waals surface area contributed by atoms with Crippen molar-refractivity contribution < 1.29 is 16.8 Å². The highest BCUT2D eigenvalue weighted by Crippen LogP contribution is 2.20. The second kappa shape index (κ2) is 5.35. The molecule has 0 unspecified atom stereocenters. The fraction of sp³-hybridized carbons (Fsp3) is 0. The number of hydrogen-bond donors (Lipinski definition) is 2. The molecule has 2 aliphatic carbocycles. The molecule has 2 aliphatic rings. The Kier molecular flexibility index (Phi) is 3.77. The van der Waals surface area contributed by atoms with Gasteiger partial charge in [-0.15, -0.1) is 0 Å². The number of rotatable bonds is 0. The van der Waals surface area contributed by atoms with Gasteiger partial charge in [0, 0.05) is 22.5 Å². The predicted molar refractivity (Wildman–Crippen MR) is 77.7 cm³/mol. The summed E-state index contributed by atoms with van der Waals surface area (Å²) in [7, 11) is -5.08. The molecule has 104 valence electrons. The van der Waals surface area contributed by atoms with Crippen molar-refractivity contribution in [3.63, 3.8) is 0 Å². The maximum atomic E-state index is 11.3. The maximum Gasteiger partial charge on any atom is 0.222 e. The lowest BCUT2D eigenvalue weighted by molar-refractivity contribution is 0.625. The summed E-state index contributed by atoms with van der Waals surface area (Å²) in [5.41, 5.74) is 12.2. The first kappa shape index (κ1) is 14.1. The summed E-state index contributed by atoms with van der Waals surface area (Å²) in [5, 5.41) is 0. The van der Waals surface area contributed by atoms with E-state index in [1.165, 1.54) is 36.5 Å². The van der Waals surface area contributed by atoms with Gasteiger partial charge in [-0.05, 0) is 24.3 Å². The first-order valence-corrected chi connectivity index (χ1v) is 7.53. The first-order valence-electron chi connectivity index (χ1n) is 5.38. The van der Waals surface area contributed by atoms with Crippen LogP contribution in [0.2, 0.25) is 0 Å². The smallest absolute Gasteiger partial charge is 0.222 e. The number of allylic oxidation sites excluding steroid dienone is 8. The van der Waals surface area contributed by atoms with Crippen molar-refractivity contribution in [2.75, 3.05) is 0 Å². The molecule has 0 aromatic rings. The Morgan fingerprint density at radius 1 is 0.650 bits per heavy atom. The zero-order chi connectivity index (χ0) is 14.9. The zero-order valence-electron chi connectivity index (χ0n) is 10.1. The van der Waals surface area contributed by atoms with Crippen molar-refractivity contribution in [3.05, 3.63) is 59.0 Å².